The first-order chi connectivity index (χ1) is 13.1. The van der Waals surface area contributed by atoms with Gasteiger partial charge in [0, 0.05) is 0 Å². The monoisotopic (exact) mass is 362 g/mol. The van der Waals surface area contributed by atoms with Crippen molar-refractivity contribution < 1.29 is 0 Å². The minimum absolute atomic E-state index is 0.707. The summed E-state index contributed by atoms with van der Waals surface area (Å²) >= 11 is 0. The molecule has 146 valence electrons. The summed E-state index contributed by atoms with van der Waals surface area (Å²) < 4.78 is 0. The molecule has 0 aliphatic heterocycles. The molecular formula is C27H38. The van der Waals surface area contributed by atoms with Gasteiger partial charge in [0.1, 0.15) is 0 Å². The third-order valence-electron chi connectivity index (χ3n) is 7.10. The zero-order chi connectivity index (χ0) is 19.2. The summed E-state index contributed by atoms with van der Waals surface area (Å²) in [5, 5.41) is 0. The van der Waals surface area contributed by atoms with Gasteiger partial charge in [0.15, 0.2) is 0 Å². The Morgan fingerprint density at radius 1 is 0.815 bits per heavy atom. The van der Waals surface area contributed by atoms with Gasteiger partial charge in [-0.1, -0.05) is 88.6 Å². The summed E-state index contributed by atoms with van der Waals surface area (Å²) in [5.74, 6) is 3.30. The van der Waals surface area contributed by atoms with Crippen molar-refractivity contribution in [2.75, 3.05) is 0 Å². The van der Waals surface area contributed by atoms with Crippen LogP contribution in [0.2, 0.25) is 0 Å². The van der Waals surface area contributed by atoms with Crippen molar-refractivity contribution in [3.63, 3.8) is 0 Å². The van der Waals surface area contributed by atoms with Gasteiger partial charge in [-0.25, -0.2) is 0 Å². The second-order valence-electron chi connectivity index (χ2n) is 9.26. The van der Waals surface area contributed by atoms with Crippen LogP contribution in [0, 0.1) is 17.8 Å². The van der Waals surface area contributed by atoms with E-state index >= 15 is 0 Å². The summed E-state index contributed by atoms with van der Waals surface area (Å²) in [6.07, 6.45) is 17.6. The first kappa shape index (κ1) is 20.2. The largest absolute Gasteiger partial charge is 0.0988 e. The van der Waals surface area contributed by atoms with E-state index in [0.29, 0.717) is 5.92 Å². The SMILES string of the molecule is C=C/C(=C\C=C(/C)c1ccc(C2CCC(C)CC2)cc1)C1CCC(C)CC1. The van der Waals surface area contributed by atoms with Gasteiger partial charge in [0.25, 0.3) is 0 Å². The van der Waals surface area contributed by atoms with Crippen LogP contribution >= 0.6 is 0 Å². The van der Waals surface area contributed by atoms with Crippen LogP contribution in [-0.4, -0.2) is 0 Å². The van der Waals surface area contributed by atoms with E-state index in [2.05, 4.69) is 69.8 Å². The summed E-state index contributed by atoms with van der Waals surface area (Å²) in [4.78, 5) is 0. The summed E-state index contributed by atoms with van der Waals surface area (Å²) in [5.41, 5.74) is 5.66. The minimum atomic E-state index is 0.707. The Hall–Kier alpha value is -1.56. The molecule has 2 saturated carbocycles. The standard InChI is InChI=1S/C27H38/c1-5-23(25-11-6-20(2)7-12-25)15-10-22(4)24-16-18-27(19-17-24)26-13-8-21(3)9-14-26/h5,10,15-21,25-26H,1,6-9,11-14H2,2-4H3/b22-10+,23-15+. The Morgan fingerprint density at radius 2 is 1.37 bits per heavy atom. The average Bonchev–Trinajstić information content (AvgIpc) is 2.70. The lowest BCUT2D eigenvalue weighted by molar-refractivity contribution is 0.323. The van der Waals surface area contributed by atoms with E-state index in [1.807, 2.05) is 0 Å². The average molecular weight is 363 g/mol. The number of hydrogen-bond acceptors (Lipinski definition) is 0. The predicted octanol–water partition coefficient (Wildman–Crippen LogP) is 8.32. The van der Waals surface area contributed by atoms with Crippen LogP contribution in [-0.2, 0) is 0 Å². The number of hydrogen-bond donors (Lipinski definition) is 0. The van der Waals surface area contributed by atoms with Crippen molar-refractivity contribution in [3.05, 3.63) is 65.8 Å². The zero-order valence-electron chi connectivity index (χ0n) is 17.7. The van der Waals surface area contributed by atoms with E-state index in [0.717, 1.165) is 17.8 Å². The van der Waals surface area contributed by atoms with Gasteiger partial charge < -0.3 is 0 Å². The van der Waals surface area contributed by atoms with Crippen LogP contribution < -0.4 is 0 Å². The van der Waals surface area contributed by atoms with Crippen molar-refractivity contribution in [3.8, 4) is 0 Å². The Bertz CT molecular complexity index is 656. The van der Waals surface area contributed by atoms with E-state index in [-0.39, 0.29) is 0 Å². The van der Waals surface area contributed by atoms with E-state index in [4.69, 9.17) is 0 Å². The normalized spacial score (nSPS) is 30.2. The fraction of sp³-hybridized carbons (Fsp3) is 0.556. The molecule has 0 nitrogen and oxygen atoms in total. The fourth-order valence-electron chi connectivity index (χ4n) is 4.89. The molecule has 1 aromatic rings. The maximum atomic E-state index is 4.08. The highest BCUT2D eigenvalue weighted by Gasteiger charge is 2.20. The highest BCUT2D eigenvalue weighted by atomic mass is 14.3. The first-order valence-electron chi connectivity index (χ1n) is 11.2. The zero-order valence-corrected chi connectivity index (χ0v) is 17.7. The van der Waals surface area contributed by atoms with Gasteiger partial charge >= 0.3 is 0 Å². The molecule has 27 heavy (non-hydrogen) atoms. The Labute approximate surface area is 167 Å². The molecule has 0 unspecified atom stereocenters. The van der Waals surface area contributed by atoms with E-state index in [1.165, 1.54) is 73.6 Å². The molecule has 3 rings (SSSR count). The molecule has 0 radical (unpaired) electrons. The van der Waals surface area contributed by atoms with E-state index < -0.39 is 0 Å². The molecular weight excluding hydrogens is 324 g/mol. The molecule has 0 heterocycles. The predicted molar refractivity (Wildman–Crippen MR) is 120 cm³/mol. The van der Waals surface area contributed by atoms with Gasteiger partial charge in [0.05, 0.1) is 0 Å². The molecule has 0 saturated heterocycles. The second-order valence-corrected chi connectivity index (χ2v) is 9.26. The molecule has 0 bridgehead atoms. The maximum Gasteiger partial charge on any atom is -0.0162 e. The summed E-state index contributed by atoms with van der Waals surface area (Å²) in [6, 6.07) is 9.38. The van der Waals surface area contributed by atoms with Crippen molar-refractivity contribution in [2.45, 2.75) is 78.1 Å². The van der Waals surface area contributed by atoms with Crippen LogP contribution in [0.15, 0.2) is 54.6 Å². The van der Waals surface area contributed by atoms with Crippen LogP contribution in [0.3, 0.4) is 0 Å². The van der Waals surface area contributed by atoms with Crippen LogP contribution in [0.1, 0.15) is 89.2 Å². The third kappa shape index (κ3) is 5.47. The van der Waals surface area contributed by atoms with E-state index in [9.17, 15) is 0 Å². The molecule has 0 spiro atoms. The smallest absolute Gasteiger partial charge is 0.0162 e. The Kier molecular flexibility index (Phi) is 7.16. The lowest BCUT2D eigenvalue weighted by Gasteiger charge is -2.27. The molecule has 1 aromatic carbocycles. The van der Waals surface area contributed by atoms with E-state index in [1.54, 1.807) is 0 Å². The van der Waals surface area contributed by atoms with Crippen molar-refractivity contribution in [2.24, 2.45) is 17.8 Å². The molecule has 0 heteroatoms. The van der Waals surface area contributed by atoms with Crippen molar-refractivity contribution >= 4 is 5.57 Å². The van der Waals surface area contributed by atoms with Gasteiger partial charge in [0.2, 0.25) is 0 Å². The summed E-state index contributed by atoms with van der Waals surface area (Å²) in [7, 11) is 0. The topological polar surface area (TPSA) is 0 Å². The number of benzene rings is 1. The maximum absolute atomic E-state index is 4.08. The van der Waals surface area contributed by atoms with Gasteiger partial charge in [-0.3, -0.25) is 0 Å². The summed E-state index contributed by atoms with van der Waals surface area (Å²) in [6.45, 7) is 11.1. The molecule has 0 atom stereocenters. The molecule has 2 aliphatic carbocycles. The quantitative estimate of drug-likeness (QED) is 0.462. The lowest BCUT2D eigenvalue weighted by Crippen LogP contribution is -2.13. The van der Waals surface area contributed by atoms with Crippen LogP contribution in [0.4, 0.5) is 0 Å². The van der Waals surface area contributed by atoms with Gasteiger partial charge in [-0.2, -0.15) is 0 Å². The highest BCUT2D eigenvalue weighted by molar-refractivity contribution is 5.65. The van der Waals surface area contributed by atoms with Gasteiger partial charge in [-0.05, 0) is 78.6 Å². The molecule has 2 fully saturated rings. The molecule has 0 N–H and O–H groups in total. The van der Waals surface area contributed by atoms with Gasteiger partial charge in [-0.15, -0.1) is 0 Å². The number of rotatable bonds is 5. The third-order valence-corrected chi connectivity index (χ3v) is 7.10. The fourth-order valence-corrected chi connectivity index (χ4v) is 4.89. The Morgan fingerprint density at radius 3 is 1.93 bits per heavy atom. The Balaban J connectivity index is 1.65. The highest BCUT2D eigenvalue weighted by Crippen LogP contribution is 2.36. The van der Waals surface area contributed by atoms with Crippen LogP contribution in [0.25, 0.3) is 5.57 Å². The minimum Gasteiger partial charge on any atom is -0.0988 e. The van der Waals surface area contributed by atoms with Crippen LogP contribution in [0.5, 0.6) is 0 Å². The second kappa shape index (κ2) is 9.58. The molecule has 0 aromatic heterocycles. The molecule has 2 aliphatic rings. The molecule has 0 amide bonds. The first-order valence-corrected chi connectivity index (χ1v) is 11.2. The van der Waals surface area contributed by atoms with Crippen molar-refractivity contribution in [1.82, 2.24) is 0 Å². The lowest BCUT2D eigenvalue weighted by atomic mass is 9.79. The number of allylic oxidation sites excluding steroid dienone is 5. The van der Waals surface area contributed by atoms with Crippen molar-refractivity contribution in [1.29, 1.82) is 0 Å².